The maximum absolute atomic E-state index is 12.2. The van der Waals surface area contributed by atoms with Crippen LogP contribution in [-0.4, -0.2) is 24.9 Å². The van der Waals surface area contributed by atoms with Gasteiger partial charge in [0.2, 0.25) is 10.4 Å². The molecule has 0 radical (unpaired) electrons. The monoisotopic (exact) mass is 418 g/mol. The fourth-order valence-corrected chi connectivity index (χ4v) is 8.04. The van der Waals surface area contributed by atoms with Crippen molar-refractivity contribution in [3.05, 3.63) is 11.6 Å². The molecular formula is C21H31NaO5S. The Balaban J connectivity index is 0.00000225. The molecule has 4 aliphatic rings. The van der Waals surface area contributed by atoms with Crippen molar-refractivity contribution in [3.63, 3.8) is 0 Å². The van der Waals surface area contributed by atoms with Crippen LogP contribution >= 0.6 is 0 Å². The van der Waals surface area contributed by atoms with Crippen LogP contribution in [0, 0.1) is 34.5 Å². The van der Waals surface area contributed by atoms with Crippen LogP contribution in [0.5, 0.6) is 0 Å². The average molecular weight is 419 g/mol. The van der Waals surface area contributed by atoms with Crippen LogP contribution in [0.1, 0.15) is 72.1 Å². The first-order valence-corrected chi connectivity index (χ1v) is 11.7. The van der Waals surface area contributed by atoms with Crippen molar-refractivity contribution in [1.29, 1.82) is 0 Å². The van der Waals surface area contributed by atoms with Gasteiger partial charge in [0.05, 0.1) is 6.10 Å². The van der Waals surface area contributed by atoms with Crippen molar-refractivity contribution >= 4 is 16.2 Å². The zero-order chi connectivity index (χ0) is 19.6. The summed E-state index contributed by atoms with van der Waals surface area (Å²) in [4.78, 5) is 12.2. The van der Waals surface area contributed by atoms with Crippen molar-refractivity contribution in [1.82, 2.24) is 0 Å². The van der Waals surface area contributed by atoms with Gasteiger partial charge in [0, 0.05) is 5.92 Å². The van der Waals surface area contributed by atoms with Gasteiger partial charge in [-0.05, 0) is 86.9 Å². The summed E-state index contributed by atoms with van der Waals surface area (Å²) in [6.45, 7) is 6.44. The third kappa shape index (κ3) is 3.71. The van der Waals surface area contributed by atoms with Gasteiger partial charge >= 0.3 is 29.6 Å². The molecule has 0 spiro atoms. The number of ketones is 1. The van der Waals surface area contributed by atoms with Crippen LogP contribution in [0.2, 0.25) is 0 Å². The molecule has 152 valence electrons. The smallest absolute Gasteiger partial charge is 0.726 e. The molecule has 0 bridgehead atoms. The van der Waals surface area contributed by atoms with Crippen molar-refractivity contribution in [2.45, 2.75) is 78.2 Å². The Morgan fingerprint density at radius 1 is 1.14 bits per heavy atom. The third-order valence-corrected chi connectivity index (χ3v) is 9.31. The first-order chi connectivity index (χ1) is 12.5. The van der Waals surface area contributed by atoms with Crippen molar-refractivity contribution in [2.24, 2.45) is 34.5 Å². The minimum Gasteiger partial charge on any atom is -0.726 e. The molecule has 5 nitrogen and oxygen atoms in total. The molecule has 4 rings (SSSR count). The molecule has 0 aromatic rings. The standard InChI is InChI=1S/C21H32O5S.Na/c1-13(22)17-6-7-18-16-5-4-14-12-15(26-27(23,24)25)8-10-20(14,2)19(16)9-11-21(17,18)3;/h4,15-19H,5-12H2,1-3H3,(H,23,24,25);/q;+1/p-1/t15?,16?,17-,18?,19?,20+,21-;/m1./s1. The molecule has 3 saturated carbocycles. The first kappa shape index (κ1) is 23.0. The van der Waals surface area contributed by atoms with Crippen LogP contribution in [0.25, 0.3) is 0 Å². The molecule has 0 aromatic heterocycles. The largest absolute Gasteiger partial charge is 1.00 e. The minimum absolute atomic E-state index is 0. The van der Waals surface area contributed by atoms with E-state index in [1.54, 1.807) is 6.92 Å². The van der Waals surface area contributed by atoms with Crippen molar-refractivity contribution in [3.8, 4) is 0 Å². The van der Waals surface area contributed by atoms with E-state index in [-0.39, 0.29) is 46.3 Å². The van der Waals surface area contributed by atoms with Crippen LogP contribution in [0.3, 0.4) is 0 Å². The number of allylic oxidation sites excluding steroid dienone is 1. The van der Waals surface area contributed by atoms with Crippen molar-refractivity contribution in [2.75, 3.05) is 0 Å². The van der Waals surface area contributed by atoms with Crippen LogP contribution in [0.15, 0.2) is 11.6 Å². The van der Waals surface area contributed by atoms with Gasteiger partial charge in [-0.25, -0.2) is 8.42 Å². The summed E-state index contributed by atoms with van der Waals surface area (Å²) in [6, 6.07) is 0. The Labute approximate surface area is 191 Å². The van der Waals surface area contributed by atoms with Crippen LogP contribution in [-0.2, 0) is 19.4 Å². The quantitative estimate of drug-likeness (QED) is 0.296. The van der Waals surface area contributed by atoms with E-state index in [0.29, 0.717) is 36.4 Å². The second-order valence-corrected chi connectivity index (χ2v) is 10.9. The summed E-state index contributed by atoms with van der Waals surface area (Å²) >= 11 is 0. The minimum atomic E-state index is -4.65. The number of rotatable bonds is 3. The second-order valence-electron chi connectivity index (χ2n) is 9.91. The topological polar surface area (TPSA) is 83.5 Å². The summed E-state index contributed by atoms with van der Waals surface area (Å²) in [6.07, 6.45) is 9.30. The maximum Gasteiger partial charge on any atom is 1.00 e. The maximum atomic E-state index is 12.2. The summed E-state index contributed by atoms with van der Waals surface area (Å²) in [7, 11) is -4.65. The second kappa shape index (κ2) is 7.76. The summed E-state index contributed by atoms with van der Waals surface area (Å²) in [5.41, 5.74) is 1.50. The van der Waals surface area contributed by atoms with E-state index in [2.05, 4.69) is 19.9 Å². The predicted octanol–water partition coefficient (Wildman–Crippen LogP) is 1.00. The Morgan fingerprint density at radius 3 is 2.50 bits per heavy atom. The molecule has 3 fully saturated rings. The predicted molar refractivity (Wildman–Crippen MR) is 100 cm³/mol. The molecule has 7 atom stereocenters. The summed E-state index contributed by atoms with van der Waals surface area (Å²) < 4.78 is 37.7. The third-order valence-electron chi connectivity index (χ3n) is 8.80. The van der Waals surface area contributed by atoms with Gasteiger partial charge in [-0.15, -0.1) is 0 Å². The van der Waals surface area contributed by atoms with E-state index in [9.17, 15) is 17.8 Å². The first-order valence-electron chi connectivity index (χ1n) is 10.4. The van der Waals surface area contributed by atoms with E-state index >= 15 is 0 Å². The Bertz CT molecular complexity index is 778. The number of hydrogen-bond acceptors (Lipinski definition) is 5. The summed E-state index contributed by atoms with van der Waals surface area (Å²) in [5, 5.41) is 0. The zero-order valence-corrected chi connectivity index (χ0v) is 20.4. The van der Waals surface area contributed by atoms with Gasteiger partial charge in [0.15, 0.2) is 0 Å². The van der Waals surface area contributed by atoms with Crippen LogP contribution in [0.4, 0.5) is 0 Å². The van der Waals surface area contributed by atoms with Gasteiger partial charge in [0.1, 0.15) is 5.78 Å². The van der Waals surface area contributed by atoms with E-state index in [0.717, 1.165) is 38.5 Å². The number of carbonyl (C=O) groups is 1. The fraction of sp³-hybridized carbons (Fsp3) is 0.857. The molecule has 0 heterocycles. The van der Waals surface area contributed by atoms with E-state index in [4.69, 9.17) is 4.18 Å². The van der Waals surface area contributed by atoms with E-state index in [1.807, 2.05) is 0 Å². The van der Waals surface area contributed by atoms with E-state index in [1.165, 1.54) is 5.57 Å². The molecule has 4 aliphatic carbocycles. The molecule has 0 amide bonds. The number of hydrogen-bond donors (Lipinski definition) is 0. The SMILES string of the molecule is CC(=O)[C@H]1CCC2C3CC=C4CC(OS(=O)(=O)[O-])CC[C@]4(C)C3CC[C@@]21C.[Na+]. The number of Topliss-reactive ketones (excluding diaryl/α,β-unsaturated/α-hetero) is 1. The zero-order valence-electron chi connectivity index (χ0n) is 17.6. The molecule has 28 heavy (non-hydrogen) atoms. The normalized spacial score (nSPS) is 45.1. The number of carbonyl (C=O) groups excluding carboxylic acids is 1. The molecule has 0 aliphatic heterocycles. The van der Waals surface area contributed by atoms with Crippen molar-refractivity contribution < 1.29 is 51.5 Å². The number of fused-ring (bicyclic) bond motifs is 5. The van der Waals surface area contributed by atoms with E-state index < -0.39 is 16.5 Å². The molecular weight excluding hydrogens is 387 g/mol. The van der Waals surface area contributed by atoms with Gasteiger partial charge in [-0.3, -0.25) is 8.98 Å². The summed E-state index contributed by atoms with van der Waals surface area (Å²) in [5.74, 6) is 2.38. The van der Waals surface area contributed by atoms with Gasteiger partial charge in [0.25, 0.3) is 0 Å². The Hall–Kier alpha value is 0.280. The average Bonchev–Trinajstić information content (AvgIpc) is 2.91. The fourth-order valence-electron chi connectivity index (χ4n) is 7.54. The molecule has 0 saturated heterocycles. The Kier molecular flexibility index (Phi) is 6.36. The van der Waals surface area contributed by atoms with Gasteiger partial charge in [-0.2, -0.15) is 0 Å². The molecule has 0 aromatic carbocycles. The Morgan fingerprint density at radius 2 is 1.86 bits per heavy atom. The molecule has 7 heteroatoms. The van der Waals surface area contributed by atoms with Gasteiger partial charge in [-0.1, -0.05) is 25.5 Å². The molecule has 0 N–H and O–H groups in total. The van der Waals surface area contributed by atoms with Crippen LogP contribution < -0.4 is 29.6 Å². The molecule has 4 unspecified atom stereocenters. The van der Waals surface area contributed by atoms with Gasteiger partial charge < -0.3 is 4.55 Å².